The van der Waals surface area contributed by atoms with Gasteiger partial charge in [0.1, 0.15) is 11.5 Å². The summed E-state index contributed by atoms with van der Waals surface area (Å²) in [6.07, 6.45) is 3.25. The van der Waals surface area contributed by atoms with Crippen LogP contribution in [0.5, 0.6) is 11.5 Å². The highest BCUT2D eigenvalue weighted by Gasteiger charge is 2.20. The lowest BCUT2D eigenvalue weighted by atomic mass is 10.0. The minimum atomic E-state index is 0.507. The Morgan fingerprint density at radius 2 is 2.00 bits per heavy atom. The summed E-state index contributed by atoms with van der Waals surface area (Å²) in [7, 11) is 3.49. The molecule has 6 nitrogen and oxygen atoms in total. The van der Waals surface area contributed by atoms with Crippen LogP contribution < -0.4 is 20.1 Å². The average molecular weight is 377 g/mol. The number of rotatable bonds is 9. The third kappa shape index (κ3) is 8.08. The molecule has 0 bridgehead atoms. The van der Waals surface area contributed by atoms with E-state index >= 15 is 0 Å². The van der Waals surface area contributed by atoms with E-state index in [1.807, 2.05) is 31.3 Å². The van der Waals surface area contributed by atoms with Gasteiger partial charge in [0, 0.05) is 45.3 Å². The van der Waals surface area contributed by atoms with Gasteiger partial charge in [0.25, 0.3) is 0 Å². The fraction of sp³-hybridized carbons (Fsp3) is 0.667. The van der Waals surface area contributed by atoms with Crippen molar-refractivity contribution in [2.24, 2.45) is 10.9 Å². The summed E-state index contributed by atoms with van der Waals surface area (Å²) >= 11 is 0. The molecule has 1 aliphatic heterocycles. The molecule has 0 atom stereocenters. The number of nitrogens with zero attached hydrogens (tertiary/aromatic N) is 2. The number of benzene rings is 1. The first-order chi connectivity index (χ1) is 13.1. The number of piperidine rings is 1. The number of guanidine groups is 1. The highest BCUT2D eigenvalue weighted by Crippen LogP contribution is 2.18. The van der Waals surface area contributed by atoms with Crippen molar-refractivity contribution < 1.29 is 9.47 Å². The highest BCUT2D eigenvalue weighted by molar-refractivity contribution is 5.79. The molecule has 6 heteroatoms. The van der Waals surface area contributed by atoms with E-state index in [9.17, 15) is 0 Å². The maximum atomic E-state index is 5.77. The van der Waals surface area contributed by atoms with Crippen LogP contribution in [0.4, 0.5) is 0 Å². The zero-order valence-electron chi connectivity index (χ0n) is 17.3. The van der Waals surface area contributed by atoms with Crippen LogP contribution in [0.2, 0.25) is 0 Å². The van der Waals surface area contributed by atoms with Crippen LogP contribution in [-0.2, 0) is 0 Å². The minimum absolute atomic E-state index is 0.507. The predicted octanol–water partition coefficient (Wildman–Crippen LogP) is 2.75. The number of methoxy groups -OCH3 is 1. The Labute approximate surface area is 164 Å². The Morgan fingerprint density at radius 1 is 1.26 bits per heavy atom. The number of likely N-dealkylation sites (tertiary alicyclic amines) is 1. The largest absolute Gasteiger partial charge is 0.497 e. The third-order valence-electron chi connectivity index (χ3n) is 4.70. The van der Waals surface area contributed by atoms with Crippen molar-refractivity contribution in [3.8, 4) is 11.5 Å². The molecule has 1 aliphatic rings. The number of ether oxygens (including phenoxy) is 2. The molecule has 0 unspecified atom stereocenters. The second-order valence-electron chi connectivity index (χ2n) is 7.49. The lowest BCUT2D eigenvalue weighted by Gasteiger charge is -2.34. The molecule has 1 aromatic rings. The molecule has 0 aromatic heterocycles. The smallest absolute Gasteiger partial charge is 0.191 e. The van der Waals surface area contributed by atoms with Gasteiger partial charge in [-0.2, -0.15) is 0 Å². The molecule has 0 aliphatic carbocycles. The van der Waals surface area contributed by atoms with Crippen LogP contribution in [0, 0.1) is 5.92 Å². The first kappa shape index (κ1) is 21.4. The van der Waals surface area contributed by atoms with E-state index in [4.69, 9.17) is 9.47 Å². The Balaban J connectivity index is 1.60. The lowest BCUT2D eigenvalue weighted by molar-refractivity contribution is 0.187. The summed E-state index contributed by atoms with van der Waals surface area (Å²) in [5.41, 5.74) is 0. The van der Waals surface area contributed by atoms with E-state index in [1.165, 1.54) is 32.5 Å². The van der Waals surface area contributed by atoms with Crippen molar-refractivity contribution >= 4 is 5.96 Å². The van der Waals surface area contributed by atoms with E-state index in [2.05, 4.69) is 34.4 Å². The van der Waals surface area contributed by atoms with Crippen molar-refractivity contribution in [2.75, 3.05) is 46.9 Å². The molecule has 1 fully saturated rings. The van der Waals surface area contributed by atoms with Gasteiger partial charge in [0.2, 0.25) is 0 Å². The fourth-order valence-corrected chi connectivity index (χ4v) is 3.32. The first-order valence-corrected chi connectivity index (χ1v) is 10.1. The maximum absolute atomic E-state index is 5.77. The minimum Gasteiger partial charge on any atom is -0.497 e. The van der Waals surface area contributed by atoms with Gasteiger partial charge in [-0.1, -0.05) is 19.9 Å². The van der Waals surface area contributed by atoms with Crippen LogP contribution >= 0.6 is 0 Å². The first-order valence-electron chi connectivity index (χ1n) is 10.1. The second kappa shape index (κ2) is 11.7. The van der Waals surface area contributed by atoms with Gasteiger partial charge >= 0.3 is 0 Å². The molecule has 2 N–H and O–H groups in total. The molecular weight excluding hydrogens is 340 g/mol. The Bertz CT molecular complexity index is 569. The van der Waals surface area contributed by atoms with Gasteiger partial charge in [-0.3, -0.25) is 4.99 Å². The van der Waals surface area contributed by atoms with E-state index in [0.29, 0.717) is 12.6 Å². The van der Waals surface area contributed by atoms with Gasteiger partial charge in [0.05, 0.1) is 13.7 Å². The summed E-state index contributed by atoms with van der Waals surface area (Å²) in [6, 6.07) is 8.21. The number of aliphatic imine (C=N–C) groups is 1. The molecular formula is C21H36N4O2. The fourth-order valence-electron chi connectivity index (χ4n) is 3.32. The normalized spacial score (nSPS) is 16.4. The van der Waals surface area contributed by atoms with E-state index in [-0.39, 0.29) is 0 Å². The van der Waals surface area contributed by atoms with Crippen molar-refractivity contribution in [3.63, 3.8) is 0 Å². The lowest BCUT2D eigenvalue weighted by Crippen LogP contribution is -2.49. The molecule has 1 saturated heterocycles. The summed E-state index contributed by atoms with van der Waals surface area (Å²) in [5.74, 6) is 3.28. The van der Waals surface area contributed by atoms with Gasteiger partial charge in [0.15, 0.2) is 5.96 Å². The quantitative estimate of drug-likeness (QED) is 0.394. The number of hydrogen-bond donors (Lipinski definition) is 2. The van der Waals surface area contributed by atoms with Gasteiger partial charge < -0.3 is 25.0 Å². The SMILES string of the molecule is CN=C(NCCCOc1cccc(OC)c1)NC1CCN(CC(C)C)CC1. The van der Waals surface area contributed by atoms with Crippen LogP contribution in [0.15, 0.2) is 29.3 Å². The zero-order chi connectivity index (χ0) is 19.5. The van der Waals surface area contributed by atoms with Crippen molar-refractivity contribution in [2.45, 2.75) is 39.2 Å². The molecule has 2 rings (SSSR count). The molecule has 1 aromatic carbocycles. The molecule has 0 amide bonds. The molecule has 27 heavy (non-hydrogen) atoms. The number of nitrogens with one attached hydrogen (secondary N) is 2. The zero-order valence-corrected chi connectivity index (χ0v) is 17.3. The molecule has 152 valence electrons. The Hall–Kier alpha value is -1.95. The van der Waals surface area contributed by atoms with Gasteiger partial charge in [-0.05, 0) is 37.3 Å². The second-order valence-corrected chi connectivity index (χ2v) is 7.49. The summed E-state index contributed by atoms with van der Waals surface area (Å²) in [5, 5.41) is 6.95. The van der Waals surface area contributed by atoms with Gasteiger partial charge in [-0.25, -0.2) is 0 Å². The number of hydrogen-bond acceptors (Lipinski definition) is 4. The van der Waals surface area contributed by atoms with Crippen molar-refractivity contribution in [1.82, 2.24) is 15.5 Å². The topological polar surface area (TPSA) is 58.1 Å². The molecule has 0 saturated carbocycles. The third-order valence-corrected chi connectivity index (χ3v) is 4.70. The van der Waals surface area contributed by atoms with E-state index in [1.54, 1.807) is 7.11 Å². The summed E-state index contributed by atoms with van der Waals surface area (Å²) in [6.45, 7) is 9.60. The van der Waals surface area contributed by atoms with Crippen LogP contribution in [0.1, 0.15) is 33.1 Å². The predicted molar refractivity (Wildman–Crippen MR) is 112 cm³/mol. The monoisotopic (exact) mass is 376 g/mol. The average Bonchev–Trinajstić information content (AvgIpc) is 2.68. The standard InChI is InChI=1S/C21H36N4O2/c1-17(2)16-25-12-9-18(10-13-25)24-21(22-3)23-11-6-14-27-20-8-5-7-19(15-20)26-4/h5,7-8,15,17-18H,6,9-14,16H2,1-4H3,(H2,22,23,24). The summed E-state index contributed by atoms with van der Waals surface area (Å²) < 4.78 is 11.0. The molecule has 0 spiro atoms. The molecule has 1 heterocycles. The Kier molecular flexibility index (Phi) is 9.25. The van der Waals surface area contributed by atoms with Crippen LogP contribution in [-0.4, -0.2) is 63.8 Å². The van der Waals surface area contributed by atoms with Crippen molar-refractivity contribution in [1.29, 1.82) is 0 Å². The van der Waals surface area contributed by atoms with Crippen LogP contribution in [0.3, 0.4) is 0 Å². The molecule has 0 radical (unpaired) electrons. The van der Waals surface area contributed by atoms with Crippen molar-refractivity contribution in [3.05, 3.63) is 24.3 Å². The Morgan fingerprint density at radius 3 is 2.67 bits per heavy atom. The van der Waals surface area contributed by atoms with E-state index in [0.717, 1.165) is 36.3 Å². The van der Waals surface area contributed by atoms with Gasteiger partial charge in [-0.15, -0.1) is 0 Å². The maximum Gasteiger partial charge on any atom is 0.191 e. The highest BCUT2D eigenvalue weighted by atomic mass is 16.5. The van der Waals surface area contributed by atoms with Crippen LogP contribution in [0.25, 0.3) is 0 Å². The van der Waals surface area contributed by atoms with E-state index < -0.39 is 0 Å². The summed E-state index contributed by atoms with van der Waals surface area (Å²) in [4.78, 5) is 6.92.